The van der Waals surface area contributed by atoms with Gasteiger partial charge >= 0.3 is 0 Å². The molecule has 128 valence electrons. The fourth-order valence-electron chi connectivity index (χ4n) is 3.13. The van der Waals surface area contributed by atoms with Crippen molar-refractivity contribution in [2.45, 2.75) is 52.1 Å². The minimum absolute atomic E-state index is 0.0394. The van der Waals surface area contributed by atoms with Crippen molar-refractivity contribution in [3.05, 3.63) is 24.3 Å². The molecule has 1 saturated carbocycles. The minimum atomic E-state index is -0.690. The number of amides is 1. The van der Waals surface area contributed by atoms with Gasteiger partial charge in [-0.1, -0.05) is 27.2 Å². The first-order chi connectivity index (χ1) is 10.9. The molecule has 1 fully saturated rings. The van der Waals surface area contributed by atoms with E-state index in [0.717, 1.165) is 30.7 Å². The van der Waals surface area contributed by atoms with Crippen LogP contribution >= 0.6 is 0 Å². The zero-order chi connectivity index (χ0) is 16.9. The summed E-state index contributed by atoms with van der Waals surface area (Å²) in [5.41, 5.74) is 0.0892. The van der Waals surface area contributed by atoms with Crippen molar-refractivity contribution in [2.24, 2.45) is 11.8 Å². The third-order valence-corrected chi connectivity index (χ3v) is 4.46. The third kappa shape index (κ3) is 4.71. The zero-order valence-electron chi connectivity index (χ0n) is 14.7. The smallest absolute Gasteiger partial charge is 0.256 e. The molecule has 1 N–H and O–H groups in total. The molecular formula is C19H29NO3. The first kappa shape index (κ1) is 17.8. The minimum Gasteiger partial charge on any atom is -0.493 e. The first-order valence-electron chi connectivity index (χ1n) is 8.54. The molecule has 0 aliphatic heterocycles. The Morgan fingerprint density at radius 1 is 1.35 bits per heavy atom. The average molecular weight is 319 g/mol. The summed E-state index contributed by atoms with van der Waals surface area (Å²) in [6.45, 7) is 7.10. The van der Waals surface area contributed by atoms with E-state index in [2.05, 4.69) is 26.1 Å². The second-order valence-corrected chi connectivity index (χ2v) is 7.08. The lowest BCUT2D eigenvalue weighted by atomic mass is 9.78. The van der Waals surface area contributed by atoms with Crippen LogP contribution in [0, 0.1) is 11.8 Å². The van der Waals surface area contributed by atoms with E-state index in [1.54, 1.807) is 7.11 Å². The summed E-state index contributed by atoms with van der Waals surface area (Å²) in [5.74, 6) is 1.79. The van der Waals surface area contributed by atoms with Gasteiger partial charge in [-0.25, -0.2) is 0 Å². The number of benzene rings is 1. The molecule has 2 rings (SSSR count). The monoisotopic (exact) mass is 319 g/mol. The Morgan fingerprint density at radius 2 is 2.04 bits per heavy atom. The van der Waals surface area contributed by atoms with E-state index < -0.39 is 5.60 Å². The molecule has 0 radical (unpaired) electrons. The molecule has 23 heavy (non-hydrogen) atoms. The van der Waals surface area contributed by atoms with Gasteiger partial charge in [-0.05, 0) is 55.4 Å². The van der Waals surface area contributed by atoms with E-state index in [1.807, 2.05) is 24.3 Å². The predicted octanol–water partition coefficient (Wildman–Crippen LogP) is 4.26. The van der Waals surface area contributed by atoms with Crippen molar-refractivity contribution in [3.63, 3.8) is 0 Å². The van der Waals surface area contributed by atoms with Crippen LogP contribution in [0.5, 0.6) is 5.75 Å². The highest BCUT2D eigenvalue weighted by Gasteiger charge is 2.41. The molecule has 0 saturated heterocycles. The summed E-state index contributed by atoms with van der Waals surface area (Å²) in [7, 11) is 1.64. The fraction of sp³-hybridized carbons (Fsp3) is 0.632. The van der Waals surface area contributed by atoms with E-state index in [4.69, 9.17) is 9.47 Å². The zero-order valence-corrected chi connectivity index (χ0v) is 14.7. The first-order valence-corrected chi connectivity index (χ1v) is 8.54. The molecule has 0 bridgehead atoms. The number of ether oxygens (including phenoxy) is 2. The lowest BCUT2D eigenvalue weighted by Gasteiger charge is -2.37. The Labute approximate surface area is 139 Å². The van der Waals surface area contributed by atoms with Crippen molar-refractivity contribution in [1.29, 1.82) is 0 Å². The van der Waals surface area contributed by atoms with Crippen LogP contribution in [0.4, 0.5) is 5.69 Å². The summed E-state index contributed by atoms with van der Waals surface area (Å²) >= 11 is 0. The van der Waals surface area contributed by atoms with Crippen molar-refractivity contribution in [3.8, 4) is 5.75 Å². The predicted molar refractivity (Wildman–Crippen MR) is 92.8 cm³/mol. The second kappa shape index (κ2) is 7.82. The quantitative estimate of drug-likeness (QED) is 0.852. The topological polar surface area (TPSA) is 47.6 Å². The molecule has 0 heterocycles. The normalized spacial score (nSPS) is 24.5. The Morgan fingerprint density at radius 3 is 2.61 bits per heavy atom. The lowest BCUT2D eigenvalue weighted by molar-refractivity contribution is -0.143. The van der Waals surface area contributed by atoms with Crippen molar-refractivity contribution in [2.75, 3.05) is 19.0 Å². The Hall–Kier alpha value is -1.55. The molecule has 1 amide bonds. The van der Waals surface area contributed by atoms with Gasteiger partial charge < -0.3 is 14.8 Å². The maximum atomic E-state index is 12.7. The van der Waals surface area contributed by atoms with E-state index in [1.165, 1.54) is 6.42 Å². The molecule has 1 aliphatic rings. The van der Waals surface area contributed by atoms with Crippen LogP contribution in [0.15, 0.2) is 24.3 Å². The molecule has 4 heteroatoms. The van der Waals surface area contributed by atoms with Crippen molar-refractivity contribution in [1.82, 2.24) is 0 Å². The third-order valence-electron chi connectivity index (χ3n) is 4.46. The molecule has 0 spiro atoms. The molecule has 4 nitrogen and oxygen atoms in total. The van der Waals surface area contributed by atoms with Gasteiger partial charge in [0.25, 0.3) is 5.91 Å². The van der Waals surface area contributed by atoms with E-state index in [9.17, 15) is 4.79 Å². The Bertz CT molecular complexity index is 512. The average Bonchev–Trinajstić information content (AvgIpc) is 2.54. The van der Waals surface area contributed by atoms with E-state index in [0.29, 0.717) is 18.4 Å². The van der Waals surface area contributed by atoms with Gasteiger partial charge in [0.05, 0.1) is 6.61 Å². The number of carbonyl (C=O) groups excluding carboxylic acids is 1. The maximum Gasteiger partial charge on any atom is 0.256 e. The van der Waals surface area contributed by atoms with Gasteiger partial charge in [0.1, 0.15) is 11.4 Å². The van der Waals surface area contributed by atoms with Gasteiger partial charge in [-0.3, -0.25) is 4.79 Å². The van der Waals surface area contributed by atoms with Crippen molar-refractivity contribution < 1.29 is 14.3 Å². The van der Waals surface area contributed by atoms with Crippen LogP contribution in [-0.4, -0.2) is 25.2 Å². The van der Waals surface area contributed by atoms with E-state index in [-0.39, 0.29) is 5.91 Å². The van der Waals surface area contributed by atoms with E-state index >= 15 is 0 Å². The molecule has 1 aromatic rings. The summed E-state index contributed by atoms with van der Waals surface area (Å²) in [4.78, 5) is 12.7. The van der Waals surface area contributed by atoms with Crippen LogP contribution in [0.1, 0.15) is 46.5 Å². The lowest BCUT2D eigenvalue weighted by Crippen LogP contribution is -2.47. The largest absolute Gasteiger partial charge is 0.493 e. The summed E-state index contributed by atoms with van der Waals surface area (Å²) in [5, 5.41) is 3.00. The van der Waals surface area contributed by atoms with Crippen LogP contribution < -0.4 is 10.1 Å². The molecule has 0 aromatic heterocycles. The number of methoxy groups -OCH3 is 1. The highest BCUT2D eigenvalue weighted by molar-refractivity contribution is 5.97. The number of hydrogen-bond acceptors (Lipinski definition) is 3. The highest BCUT2D eigenvalue weighted by atomic mass is 16.5. The van der Waals surface area contributed by atoms with Crippen LogP contribution in [0.25, 0.3) is 0 Å². The Balaban J connectivity index is 1.98. The SMILES string of the molecule is CO[C@@]1(C(=O)Nc2ccc(OCC(C)C)cc2)CCC[C@@H](C)C1. The van der Waals surface area contributed by atoms with Crippen molar-refractivity contribution >= 4 is 11.6 Å². The highest BCUT2D eigenvalue weighted by Crippen LogP contribution is 2.35. The van der Waals surface area contributed by atoms with Crippen LogP contribution in [-0.2, 0) is 9.53 Å². The molecular weight excluding hydrogens is 290 g/mol. The molecule has 1 aromatic carbocycles. The van der Waals surface area contributed by atoms with Gasteiger partial charge in [-0.2, -0.15) is 0 Å². The van der Waals surface area contributed by atoms with Gasteiger partial charge in [-0.15, -0.1) is 0 Å². The number of anilines is 1. The Kier molecular flexibility index (Phi) is 6.05. The molecule has 1 aliphatic carbocycles. The van der Waals surface area contributed by atoms with Crippen LogP contribution in [0.2, 0.25) is 0 Å². The number of carbonyl (C=O) groups is 1. The number of hydrogen-bond donors (Lipinski definition) is 1. The number of rotatable bonds is 6. The summed E-state index contributed by atoms with van der Waals surface area (Å²) in [6, 6.07) is 7.54. The molecule has 2 atom stereocenters. The maximum absolute atomic E-state index is 12.7. The molecule has 0 unspecified atom stereocenters. The fourth-order valence-corrected chi connectivity index (χ4v) is 3.13. The number of nitrogens with one attached hydrogen (secondary N) is 1. The van der Waals surface area contributed by atoms with Gasteiger partial charge in [0.15, 0.2) is 0 Å². The summed E-state index contributed by atoms with van der Waals surface area (Å²) in [6.07, 6.45) is 3.77. The second-order valence-electron chi connectivity index (χ2n) is 7.08. The standard InChI is InChI=1S/C19H29NO3/c1-14(2)13-23-17-9-7-16(8-10-17)20-18(21)19(22-4)11-5-6-15(3)12-19/h7-10,14-15H,5-6,11-13H2,1-4H3,(H,20,21)/t15-,19+/m1/s1. The van der Waals surface area contributed by atoms with Gasteiger partial charge in [0, 0.05) is 12.8 Å². The van der Waals surface area contributed by atoms with Gasteiger partial charge in [0.2, 0.25) is 0 Å². The van der Waals surface area contributed by atoms with Crippen LogP contribution in [0.3, 0.4) is 0 Å². The summed E-state index contributed by atoms with van der Waals surface area (Å²) < 4.78 is 11.3.